The van der Waals surface area contributed by atoms with Crippen LogP contribution >= 0.6 is 11.8 Å². The first-order chi connectivity index (χ1) is 21.9. The van der Waals surface area contributed by atoms with Crippen LogP contribution in [-0.2, 0) is 30.3 Å². The van der Waals surface area contributed by atoms with Crippen molar-refractivity contribution >= 4 is 29.5 Å². The third kappa shape index (κ3) is 6.75. The molecule has 1 aromatic carbocycles. The predicted molar refractivity (Wildman–Crippen MR) is 176 cm³/mol. The summed E-state index contributed by atoms with van der Waals surface area (Å²) in [6, 6.07) is 8.33. The van der Waals surface area contributed by atoms with Gasteiger partial charge in [0.1, 0.15) is 6.04 Å². The number of esters is 1. The van der Waals surface area contributed by atoms with Gasteiger partial charge in [-0.15, -0.1) is 24.9 Å². The van der Waals surface area contributed by atoms with Crippen LogP contribution in [0.5, 0.6) is 0 Å². The minimum Gasteiger partial charge on any atom is -0.465 e. The molecule has 0 saturated carbocycles. The van der Waals surface area contributed by atoms with Gasteiger partial charge in [0.05, 0.1) is 49.1 Å². The SMILES string of the molecule is C=CCCCCOC(=O)[C@@H]1[C@@H]2CC(C)C3(S2)C(C(=O)N(CC=C)CCN2CCOCC2)N([C@@H](CO)Cc2ccccc2)C(=O)[C@H]13. The highest BCUT2D eigenvalue weighted by Gasteiger charge is 2.77. The number of ether oxygens (including phenoxy) is 2. The highest BCUT2D eigenvalue weighted by Crippen LogP contribution is 2.69. The molecule has 9 nitrogen and oxygen atoms in total. The van der Waals surface area contributed by atoms with E-state index in [1.807, 2.05) is 41.3 Å². The maximum Gasteiger partial charge on any atom is 0.310 e. The van der Waals surface area contributed by atoms with Crippen molar-refractivity contribution in [2.45, 2.75) is 61.1 Å². The molecule has 1 spiro atoms. The number of amides is 2. The van der Waals surface area contributed by atoms with Crippen molar-refractivity contribution in [1.29, 1.82) is 0 Å². The van der Waals surface area contributed by atoms with Crippen molar-refractivity contribution in [3.8, 4) is 0 Å². The molecule has 3 unspecified atom stereocenters. The third-order valence-electron chi connectivity index (χ3n) is 10.1. The van der Waals surface area contributed by atoms with E-state index in [0.717, 1.165) is 44.3 Å². The molecule has 1 N–H and O–H groups in total. The number of carbonyl (C=O) groups excluding carboxylic acids is 3. The molecule has 4 fully saturated rings. The zero-order chi connectivity index (χ0) is 32.0. The van der Waals surface area contributed by atoms with Crippen LogP contribution in [0.4, 0.5) is 0 Å². The summed E-state index contributed by atoms with van der Waals surface area (Å²) in [7, 11) is 0. The standard InChI is InChI=1S/C35H49N3O6S/c1-4-6-7-11-19-44-34(42)29-28-22-25(3)35(45-28)30(29)32(40)38(27(24-39)23-26-12-9-8-10-13-26)31(35)33(41)37(14-5-2)16-15-36-17-20-43-21-18-36/h4-5,8-10,12-13,25,27-31,39H,1-2,6-7,11,14-24H2,3H3/t25?,27-,28+,29-,30+,31?,35?/m1/s1. The molecular weight excluding hydrogens is 590 g/mol. The van der Waals surface area contributed by atoms with Crippen molar-refractivity contribution in [3.05, 3.63) is 61.2 Å². The number of rotatable bonds is 16. The van der Waals surface area contributed by atoms with Gasteiger partial charge in [0.2, 0.25) is 11.8 Å². The molecule has 4 saturated heterocycles. The van der Waals surface area contributed by atoms with Crippen molar-refractivity contribution < 1.29 is 29.0 Å². The van der Waals surface area contributed by atoms with Gasteiger partial charge in [-0.05, 0) is 43.6 Å². The molecule has 2 amide bonds. The first-order valence-corrected chi connectivity index (χ1v) is 17.4. The van der Waals surface area contributed by atoms with Crippen LogP contribution < -0.4 is 0 Å². The van der Waals surface area contributed by atoms with Gasteiger partial charge in [-0.1, -0.05) is 49.4 Å². The second kappa shape index (κ2) is 15.3. The molecule has 7 atom stereocenters. The van der Waals surface area contributed by atoms with E-state index >= 15 is 0 Å². The van der Waals surface area contributed by atoms with Crippen LogP contribution in [0, 0.1) is 17.8 Å². The summed E-state index contributed by atoms with van der Waals surface area (Å²) in [5, 5.41) is 10.7. The van der Waals surface area contributed by atoms with Crippen LogP contribution in [0.25, 0.3) is 0 Å². The van der Waals surface area contributed by atoms with E-state index in [1.165, 1.54) is 0 Å². The van der Waals surface area contributed by atoms with Gasteiger partial charge in [0, 0.05) is 38.0 Å². The molecule has 5 rings (SSSR count). The van der Waals surface area contributed by atoms with Crippen LogP contribution in [0.2, 0.25) is 0 Å². The highest BCUT2D eigenvalue weighted by molar-refractivity contribution is 8.02. The van der Waals surface area contributed by atoms with Gasteiger partial charge >= 0.3 is 5.97 Å². The van der Waals surface area contributed by atoms with Crippen molar-refractivity contribution in [2.75, 3.05) is 59.2 Å². The molecule has 0 aliphatic carbocycles. The quantitative estimate of drug-likeness (QED) is 0.167. The number of hydrogen-bond acceptors (Lipinski definition) is 8. The van der Waals surface area contributed by atoms with Gasteiger partial charge in [-0.3, -0.25) is 19.3 Å². The zero-order valence-corrected chi connectivity index (χ0v) is 27.4. The van der Waals surface area contributed by atoms with Gasteiger partial charge in [-0.2, -0.15) is 0 Å². The maximum atomic E-state index is 14.9. The minimum atomic E-state index is -0.809. The molecule has 4 heterocycles. The summed E-state index contributed by atoms with van der Waals surface area (Å²) in [6.07, 6.45) is 7.21. The Labute approximate surface area is 272 Å². The lowest BCUT2D eigenvalue weighted by molar-refractivity contribution is -0.155. The maximum absolute atomic E-state index is 14.9. The van der Waals surface area contributed by atoms with E-state index < -0.39 is 28.7 Å². The van der Waals surface area contributed by atoms with Crippen molar-refractivity contribution in [3.63, 3.8) is 0 Å². The number of carbonyl (C=O) groups is 3. The number of aliphatic hydroxyl groups is 1. The fourth-order valence-electron chi connectivity index (χ4n) is 7.90. The molecule has 10 heteroatoms. The van der Waals surface area contributed by atoms with E-state index in [9.17, 15) is 19.5 Å². The topological polar surface area (TPSA) is 99.6 Å². The Hall–Kier alpha value is -2.66. The smallest absolute Gasteiger partial charge is 0.310 e. The van der Waals surface area contributed by atoms with Gasteiger partial charge < -0.3 is 24.4 Å². The summed E-state index contributed by atoms with van der Waals surface area (Å²) in [4.78, 5) is 49.0. The van der Waals surface area contributed by atoms with Gasteiger partial charge in [0.25, 0.3) is 0 Å². The number of likely N-dealkylation sites (tertiary alicyclic amines) is 1. The average Bonchev–Trinajstić information content (AvgIpc) is 3.66. The van der Waals surface area contributed by atoms with Crippen LogP contribution in [0.15, 0.2) is 55.6 Å². The Morgan fingerprint density at radius 2 is 1.96 bits per heavy atom. The number of thioether (sulfide) groups is 1. The van der Waals surface area contributed by atoms with E-state index in [0.29, 0.717) is 45.9 Å². The summed E-state index contributed by atoms with van der Waals surface area (Å²) in [5.41, 5.74) is 0.973. The largest absolute Gasteiger partial charge is 0.465 e. The van der Waals surface area contributed by atoms with Crippen LogP contribution in [0.3, 0.4) is 0 Å². The van der Waals surface area contributed by atoms with Crippen LogP contribution in [-0.4, -0.2) is 119 Å². The summed E-state index contributed by atoms with van der Waals surface area (Å²) in [5.74, 6) is -1.96. The Bertz CT molecular complexity index is 1210. The minimum absolute atomic E-state index is 0.0259. The number of unbranched alkanes of at least 4 members (excludes halogenated alkanes) is 2. The third-order valence-corrected chi connectivity index (χ3v) is 12.2. The number of morpholine rings is 1. The number of allylic oxidation sites excluding steroid dienone is 1. The second-order valence-electron chi connectivity index (χ2n) is 12.8. The number of aliphatic hydroxyl groups excluding tert-OH is 1. The summed E-state index contributed by atoms with van der Waals surface area (Å²) < 4.78 is 10.5. The first-order valence-electron chi connectivity index (χ1n) is 16.5. The molecule has 1 aromatic rings. The van der Waals surface area contributed by atoms with Crippen molar-refractivity contribution in [1.82, 2.24) is 14.7 Å². The van der Waals surface area contributed by atoms with Crippen molar-refractivity contribution in [2.24, 2.45) is 17.8 Å². The number of nitrogens with zero attached hydrogens (tertiary/aromatic N) is 3. The lowest BCUT2D eigenvalue weighted by Gasteiger charge is -2.42. The molecule has 4 aliphatic heterocycles. The fourth-order valence-corrected chi connectivity index (χ4v) is 10.3. The highest BCUT2D eigenvalue weighted by atomic mass is 32.2. The predicted octanol–water partition coefficient (Wildman–Crippen LogP) is 3.17. The van der Waals surface area contributed by atoms with Gasteiger partial charge in [-0.25, -0.2) is 0 Å². The Morgan fingerprint density at radius 3 is 2.64 bits per heavy atom. The second-order valence-corrected chi connectivity index (χ2v) is 14.4. The Balaban J connectivity index is 1.47. The van der Waals surface area contributed by atoms with E-state index in [2.05, 4.69) is 25.0 Å². The molecule has 0 radical (unpaired) electrons. The summed E-state index contributed by atoms with van der Waals surface area (Å²) >= 11 is 1.64. The fraction of sp³-hybridized carbons (Fsp3) is 0.629. The number of hydrogen-bond donors (Lipinski definition) is 1. The lowest BCUT2D eigenvalue weighted by Crippen LogP contribution is -2.60. The lowest BCUT2D eigenvalue weighted by atomic mass is 9.66. The van der Waals surface area contributed by atoms with E-state index in [1.54, 1.807) is 22.7 Å². The van der Waals surface area contributed by atoms with Crippen LogP contribution in [0.1, 0.15) is 38.2 Å². The van der Waals surface area contributed by atoms with Gasteiger partial charge in [0.15, 0.2) is 0 Å². The monoisotopic (exact) mass is 639 g/mol. The molecule has 246 valence electrons. The first kappa shape index (κ1) is 33.7. The Morgan fingerprint density at radius 1 is 1.20 bits per heavy atom. The molecule has 4 aliphatic rings. The van der Waals surface area contributed by atoms with E-state index in [4.69, 9.17) is 9.47 Å². The number of fused-ring (bicyclic) bond motifs is 1. The Kier molecular flexibility index (Phi) is 11.4. The van der Waals surface area contributed by atoms with E-state index in [-0.39, 0.29) is 35.6 Å². The molecule has 0 aromatic heterocycles. The normalized spacial score (nSPS) is 29.8. The number of benzene rings is 1. The zero-order valence-electron chi connectivity index (χ0n) is 26.6. The average molecular weight is 640 g/mol. The molecular formula is C35H49N3O6S. The molecule has 45 heavy (non-hydrogen) atoms. The summed E-state index contributed by atoms with van der Waals surface area (Å²) in [6.45, 7) is 14.3. The molecule has 2 bridgehead atoms.